The van der Waals surface area contributed by atoms with Crippen LogP contribution in [0.4, 0.5) is 0 Å². The predicted octanol–water partition coefficient (Wildman–Crippen LogP) is 2.07. The van der Waals surface area contributed by atoms with E-state index >= 15 is 0 Å². The van der Waals surface area contributed by atoms with Crippen LogP contribution in [0.2, 0.25) is 0 Å². The fourth-order valence-electron chi connectivity index (χ4n) is 3.00. The Kier molecular flexibility index (Phi) is 3.80. The highest BCUT2D eigenvalue weighted by molar-refractivity contribution is 5.90. The fourth-order valence-corrected chi connectivity index (χ4v) is 3.00. The van der Waals surface area contributed by atoms with Gasteiger partial charge in [0.15, 0.2) is 0 Å². The first-order valence-electron chi connectivity index (χ1n) is 7.32. The quantitative estimate of drug-likeness (QED) is 0.753. The normalized spacial score (nSPS) is 21.0. The number of benzene rings is 1. The fraction of sp³-hybridized carbons (Fsp3) is 0.353. The lowest BCUT2D eigenvalue weighted by Gasteiger charge is -2.12. The molecule has 3 N–H and O–H groups in total. The molecule has 21 heavy (non-hydrogen) atoms. The van der Waals surface area contributed by atoms with Gasteiger partial charge in [-0.25, -0.2) is 0 Å². The lowest BCUT2D eigenvalue weighted by atomic mass is 10.1. The van der Waals surface area contributed by atoms with Crippen molar-refractivity contribution in [2.45, 2.75) is 25.8 Å². The number of rotatable bonds is 4. The van der Waals surface area contributed by atoms with Crippen LogP contribution in [-0.2, 0) is 11.2 Å². The molecule has 110 valence electrons. The minimum absolute atomic E-state index is 0.0242. The average molecular weight is 284 g/mol. The summed E-state index contributed by atoms with van der Waals surface area (Å²) in [5.41, 5.74) is 3.17. The lowest BCUT2D eigenvalue weighted by Crippen LogP contribution is -2.34. The number of para-hydroxylation sites is 1. The van der Waals surface area contributed by atoms with Crippen molar-refractivity contribution in [2.24, 2.45) is 5.92 Å². The molecule has 2 atom stereocenters. The van der Waals surface area contributed by atoms with E-state index in [1.165, 1.54) is 0 Å². The van der Waals surface area contributed by atoms with Crippen molar-refractivity contribution in [2.75, 3.05) is 6.61 Å². The molecule has 0 fully saturated rings. The van der Waals surface area contributed by atoms with E-state index in [0.717, 1.165) is 28.6 Å². The molecule has 3 rings (SSSR count). The van der Waals surface area contributed by atoms with Crippen LogP contribution in [0, 0.1) is 12.8 Å². The Morgan fingerprint density at radius 1 is 1.38 bits per heavy atom. The van der Waals surface area contributed by atoms with Gasteiger partial charge < -0.3 is 15.4 Å². The highest BCUT2D eigenvalue weighted by atomic mass is 16.3. The summed E-state index contributed by atoms with van der Waals surface area (Å²) in [6.07, 6.45) is 5.11. The molecule has 1 aliphatic carbocycles. The topological polar surface area (TPSA) is 65.1 Å². The maximum absolute atomic E-state index is 12.2. The zero-order valence-electron chi connectivity index (χ0n) is 12.1. The highest BCUT2D eigenvalue weighted by Crippen LogP contribution is 2.23. The number of aromatic amines is 1. The third kappa shape index (κ3) is 2.85. The van der Waals surface area contributed by atoms with Crippen molar-refractivity contribution < 1.29 is 9.90 Å². The molecular formula is C17H20N2O2. The summed E-state index contributed by atoms with van der Waals surface area (Å²) in [5.74, 6) is 0.196. The van der Waals surface area contributed by atoms with Gasteiger partial charge in [0.25, 0.3) is 0 Å². The number of aryl methyl sites for hydroxylation is 1. The molecule has 0 radical (unpaired) electrons. The van der Waals surface area contributed by atoms with E-state index in [4.69, 9.17) is 5.11 Å². The summed E-state index contributed by atoms with van der Waals surface area (Å²) in [6.45, 7) is 2.14. The zero-order chi connectivity index (χ0) is 14.8. The molecule has 1 aromatic carbocycles. The Morgan fingerprint density at radius 3 is 2.95 bits per heavy atom. The molecule has 1 aromatic heterocycles. The van der Waals surface area contributed by atoms with Crippen LogP contribution in [0.15, 0.2) is 36.4 Å². The van der Waals surface area contributed by atoms with Crippen LogP contribution in [0.25, 0.3) is 10.9 Å². The van der Waals surface area contributed by atoms with Crippen LogP contribution < -0.4 is 5.32 Å². The Hall–Kier alpha value is -2.07. The number of carbonyl (C=O) groups is 1. The van der Waals surface area contributed by atoms with Crippen molar-refractivity contribution >= 4 is 16.8 Å². The molecule has 2 aromatic rings. The molecular weight excluding hydrogens is 264 g/mol. The number of nitrogens with one attached hydrogen (secondary N) is 2. The summed E-state index contributed by atoms with van der Waals surface area (Å²) in [7, 11) is 0. The second-order valence-corrected chi connectivity index (χ2v) is 5.69. The van der Waals surface area contributed by atoms with Gasteiger partial charge in [0.1, 0.15) is 0 Å². The molecule has 1 heterocycles. The van der Waals surface area contributed by atoms with Gasteiger partial charge in [0.05, 0.1) is 6.42 Å². The van der Waals surface area contributed by atoms with E-state index in [0.29, 0.717) is 6.42 Å². The molecule has 0 saturated carbocycles. The number of carbonyl (C=O) groups excluding carboxylic acids is 1. The molecule has 4 heteroatoms. The van der Waals surface area contributed by atoms with E-state index in [1.807, 2.05) is 43.3 Å². The third-order valence-electron chi connectivity index (χ3n) is 4.12. The smallest absolute Gasteiger partial charge is 0.224 e. The molecule has 0 aliphatic heterocycles. The second-order valence-electron chi connectivity index (χ2n) is 5.69. The Labute approximate surface area is 123 Å². The second kappa shape index (κ2) is 5.74. The number of hydrogen-bond acceptors (Lipinski definition) is 2. The lowest BCUT2D eigenvalue weighted by molar-refractivity contribution is -0.120. The van der Waals surface area contributed by atoms with E-state index in [2.05, 4.69) is 10.3 Å². The molecule has 0 saturated heterocycles. The summed E-state index contributed by atoms with van der Waals surface area (Å²) < 4.78 is 0. The van der Waals surface area contributed by atoms with E-state index in [9.17, 15) is 4.79 Å². The Morgan fingerprint density at radius 2 is 2.19 bits per heavy atom. The summed E-state index contributed by atoms with van der Waals surface area (Å²) in [6, 6.07) is 8.08. The maximum atomic E-state index is 12.2. The number of hydrogen-bond donors (Lipinski definition) is 3. The van der Waals surface area contributed by atoms with Gasteiger partial charge in [0.2, 0.25) is 5.91 Å². The Balaban J connectivity index is 1.69. The van der Waals surface area contributed by atoms with E-state index in [-0.39, 0.29) is 24.5 Å². The van der Waals surface area contributed by atoms with Gasteiger partial charge in [-0.3, -0.25) is 4.79 Å². The third-order valence-corrected chi connectivity index (χ3v) is 4.12. The Bertz CT molecular complexity index is 687. The van der Waals surface area contributed by atoms with Crippen LogP contribution in [0.1, 0.15) is 17.7 Å². The first-order valence-corrected chi connectivity index (χ1v) is 7.32. The minimum atomic E-state index is 0.0242. The molecule has 4 nitrogen and oxygen atoms in total. The van der Waals surface area contributed by atoms with Crippen molar-refractivity contribution in [1.29, 1.82) is 0 Å². The molecule has 1 aliphatic rings. The first kappa shape index (κ1) is 13.9. The van der Waals surface area contributed by atoms with E-state index < -0.39 is 0 Å². The monoisotopic (exact) mass is 284 g/mol. The van der Waals surface area contributed by atoms with Gasteiger partial charge in [0, 0.05) is 35.2 Å². The van der Waals surface area contributed by atoms with Gasteiger partial charge in [-0.2, -0.15) is 0 Å². The molecule has 1 amide bonds. The van der Waals surface area contributed by atoms with Gasteiger partial charge in [-0.15, -0.1) is 0 Å². The number of aliphatic hydroxyl groups is 1. The number of aliphatic hydroxyl groups excluding tert-OH is 1. The maximum Gasteiger partial charge on any atom is 0.224 e. The van der Waals surface area contributed by atoms with E-state index in [1.54, 1.807) is 0 Å². The number of H-pyrrole nitrogens is 1. The molecule has 0 unspecified atom stereocenters. The molecule has 0 bridgehead atoms. The summed E-state index contributed by atoms with van der Waals surface area (Å²) in [4.78, 5) is 15.6. The van der Waals surface area contributed by atoms with Crippen LogP contribution in [0.3, 0.4) is 0 Å². The summed E-state index contributed by atoms with van der Waals surface area (Å²) in [5, 5.41) is 13.2. The number of aromatic nitrogens is 1. The van der Waals surface area contributed by atoms with Gasteiger partial charge in [-0.1, -0.05) is 30.4 Å². The number of amides is 1. The van der Waals surface area contributed by atoms with Crippen molar-refractivity contribution in [3.05, 3.63) is 47.7 Å². The largest absolute Gasteiger partial charge is 0.396 e. The van der Waals surface area contributed by atoms with Crippen LogP contribution >= 0.6 is 0 Å². The van der Waals surface area contributed by atoms with Crippen molar-refractivity contribution in [3.8, 4) is 0 Å². The van der Waals surface area contributed by atoms with Gasteiger partial charge in [-0.05, 0) is 25.0 Å². The number of fused-ring (bicyclic) bond motifs is 1. The summed E-state index contributed by atoms with van der Waals surface area (Å²) >= 11 is 0. The molecule has 0 spiro atoms. The predicted molar refractivity (Wildman–Crippen MR) is 83.0 cm³/mol. The van der Waals surface area contributed by atoms with Crippen LogP contribution in [0.5, 0.6) is 0 Å². The minimum Gasteiger partial charge on any atom is -0.396 e. The SMILES string of the molecule is Cc1[nH]c2ccccc2c1CC(=O)N[C@@H]1C=C[C@H](CO)C1. The van der Waals surface area contributed by atoms with Crippen molar-refractivity contribution in [3.63, 3.8) is 0 Å². The van der Waals surface area contributed by atoms with Crippen molar-refractivity contribution in [1.82, 2.24) is 10.3 Å². The highest BCUT2D eigenvalue weighted by Gasteiger charge is 2.20. The van der Waals surface area contributed by atoms with Crippen LogP contribution in [-0.4, -0.2) is 28.6 Å². The first-order chi connectivity index (χ1) is 10.2. The standard InChI is InChI=1S/C17H20N2O2/c1-11-15(14-4-2-3-5-16(14)18-11)9-17(21)19-13-7-6-12(8-13)10-20/h2-7,12-13,18,20H,8-10H2,1H3,(H,19,21)/t12-,13+/m0/s1. The zero-order valence-corrected chi connectivity index (χ0v) is 12.1. The van der Waals surface area contributed by atoms with Gasteiger partial charge >= 0.3 is 0 Å². The average Bonchev–Trinajstić information content (AvgIpc) is 3.04.